The third-order valence-corrected chi connectivity index (χ3v) is 1.63. The molecule has 74 valence electrons. The number of ether oxygens (including phenoxy) is 1. The van der Waals surface area contributed by atoms with Crippen LogP contribution in [0.15, 0.2) is 0 Å². The Kier molecular flexibility index (Phi) is 4.47. The summed E-state index contributed by atoms with van der Waals surface area (Å²) in [6, 6.07) is 0. The third kappa shape index (κ3) is 8.74. The van der Waals surface area contributed by atoms with Gasteiger partial charge in [-0.1, -0.05) is 36.4 Å². The molecule has 0 saturated carbocycles. The Morgan fingerprint density at radius 3 is 1.92 bits per heavy atom. The molecule has 0 fully saturated rings. The van der Waals surface area contributed by atoms with E-state index in [0.717, 1.165) is 6.42 Å². The van der Waals surface area contributed by atoms with Crippen LogP contribution in [0.2, 0.25) is 0 Å². The van der Waals surface area contributed by atoms with E-state index in [-0.39, 0.29) is 15.3 Å². The molecule has 0 radical (unpaired) electrons. The Morgan fingerprint density at radius 2 is 1.67 bits per heavy atom. The van der Waals surface area contributed by atoms with E-state index in [4.69, 9.17) is 10.5 Å². The van der Waals surface area contributed by atoms with Gasteiger partial charge in [0.05, 0.1) is 5.60 Å². The molecule has 0 aromatic carbocycles. The monoisotopic (exact) mass is 285 g/mol. The molecule has 0 spiro atoms. The first-order chi connectivity index (χ1) is 5.10. The molecule has 0 amide bonds. The van der Waals surface area contributed by atoms with Crippen LogP contribution in [0.25, 0.3) is 0 Å². The minimum absolute atomic E-state index is 0.138. The van der Waals surface area contributed by atoms with Gasteiger partial charge in [-0.05, 0) is 20.8 Å². The van der Waals surface area contributed by atoms with Gasteiger partial charge in [0.15, 0.2) is 0 Å². The minimum atomic E-state index is -0.156. The van der Waals surface area contributed by atoms with Gasteiger partial charge >= 0.3 is 0 Å². The zero-order chi connectivity index (χ0) is 9.99. The van der Waals surface area contributed by atoms with Gasteiger partial charge in [-0.25, -0.2) is 0 Å². The molecule has 0 aliphatic heterocycles. The third-order valence-electron chi connectivity index (χ3n) is 1.19. The van der Waals surface area contributed by atoms with Gasteiger partial charge in [0.2, 0.25) is 0 Å². The molecular weight excluding hydrogens is 265 g/mol. The quantitative estimate of drug-likeness (QED) is 0.491. The molecule has 0 aliphatic rings. The predicted octanol–water partition coefficient (Wildman–Crippen LogP) is 2.69. The highest BCUT2D eigenvalue weighted by atomic mass is 127. The van der Waals surface area contributed by atoms with Crippen molar-refractivity contribution in [3.05, 3.63) is 0 Å². The van der Waals surface area contributed by atoms with E-state index in [1.165, 1.54) is 0 Å². The summed E-state index contributed by atoms with van der Waals surface area (Å²) in [6.07, 6.45) is 0.724. The van der Waals surface area contributed by atoms with Crippen LogP contribution in [0.5, 0.6) is 0 Å². The Hall–Kier alpha value is 0.650. The van der Waals surface area contributed by atoms with E-state index < -0.39 is 0 Å². The van der Waals surface area contributed by atoms with Crippen LogP contribution in [0.3, 0.4) is 0 Å². The Labute approximate surface area is 89.4 Å². The van der Waals surface area contributed by atoms with Crippen LogP contribution in [0.4, 0.5) is 0 Å². The van der Waals surface area contributed by atoms with Crippen molar-refractivity contribution in [2.24, 2.45) is 5.73 Å². The average Bonchev–Trinajstić information content (AvgIpc) is 1.49. The molecule has 0 bridgehead atoms. The Morgan fingerprint density at radius 1 is 1.25 bits per heavy atom. The minimum Gasteiger partial charge on any atom is -0.358 e. The van der Waals surface area contributed by atoms with Gasteiger partial charge in [0, 0.05) is 9.84 Å². The standard InChI is InChI=1S/C9H20INO/c1-8(2,3)12-7(11)6-9(4,5)10/h7H,6,11H2,1-5H3. The van der Waals surface area contributed by atoms with Gasteiger partial charge in [0.1, 0.15) is 6.23 Å². The summed E-state index contributed by atoms with van der Waals surface area (Å²) in [7, 11) is 0. The summed E-state index contributed by atoms with van der Waals surface area (Å²) < 4.78 is 5.80. The summed E-state index contributed by atoms with van der Waals surface area (Å²) in [5.74, 6) is 0. The predicted molar refractivity (Wildman–Crippen MR) is 61.5 cm³/mol. The van der Waals surface area contributed by atoms with Crippen LogP contribution in [-0.2, 0) is 4.74 Å². The largest absolute Gasteiger partial charge is 0.358 e. The number of rotatable bonds is 3. The molecular formula is C9H20INO. The normalized spacial score (nSPS) is 16.2. The number of halogens is 1. The van der Waals surface area contributed by atoms with Crippen LogP contribution in [-0.4, -0.2) is 15.3 Å². The first-order valence-electron chi connectivity index (χ1n) is 4.22. The molecule has 0 aromatic rings. The molecule has 0 rings (SSSR count). The lowest BCUT2D eigenvalue weighted by Crippen LogP contribution is -2.37. The summed E-state index contributed by atoms with van der Waals surface area (Å²) in [5, 5.41) is 0. The smallest absolute Gasteiger partial charge is 0.107 e. The van der Waals surface area contributed by atoms with Crippen LogP contribution in [0, 0.1) is 0 Å². The van der Waals surface area contributed by atoms with E-state index in [2.05, 4.69) is 36.4 Å². The summed E-state index contributed by atoms with van der Waals surface area (Å²) in [6.45, 7) is 10.4. The Balaban J connectivity index is 3.83. The molecule has 0 saturated heterocycles. The van der Waals surface area contributed by atoms with Crippen molar-refractivity contribution < 1.29 is 4.74 Å². The molecule has 12 heavy (non-hydrogen) atoms. The number of nitrogens with two attached hydrogens (primary N) is 1. The zero-order valence-electron chi connectivity index (χ0n) is 8.65. The fourth-order valence-electron chi connectivity index (χ4n) is 0.974. The molecule has 0 aliphatic carbocycles. The fourth-order valence-corrected chi connectivity index (χ4v) is 1.41. The lowest BCUT2D eigenvalue weighted by molar-refractivity contribution is -0.0617. The van der Waals surface area contributed by atoms with Crippen molar-refractivity contribution in [1.82, 2.24) is 0 Å². The van der Waals surface area contributed by atoms with Gasteiger partial charge < -0.3 is 10.5 Å². The second-order valence-electron chi connectivity index (χ2n) is 4.69. The van der Waals surface area contributed by atoms with E-state index in [0.29, 0.717) is 0 Å². The van der Waals surface area contributed by atoms with Gasteiger partial charge in [-0.15, -0.1) is 0 Å². The average molecular weight is 285 g/mol. The van der Waals surface area contributed by atoms with Crippen LogP contribution < -0.4 is 5.73 Å². The lowest BCUT2D eigenvalue weighted by Gasteiger charge is -2.28. The summed E-state index contributed by atoms with van der Waals surface area (Å²) in [4.78, 5) is 0. The Bertz CT molecular complexity index is 118. The van der Waals surface area contributed by atoms with Crippen LogP contribution >= 0.6 is 22.6 Å². The maximum Gasteiger partial charge on any atom is 0.107 e. The van der Waals surface area contributed by atoms with Crippen molar-refractivity contribution in [2.75, 3.05) is 0 Å². The zero-order valence-corrected chi connectivity index (χ0v) is 10.8. The van der Waals surface area contributed by atoms with Crippen molar-refractivity contribution in [1.29, 1.82) is 0 Å². The molecule has 0 aromatic heterocycles. The van der Waals surface area contributed by atoms with Gasteiger partial charge in [-0.2, -0.15) is 0 Å². The highest BCUT2D eigenvalue weighted by molar-refractivity contribution is 14.1. The van der Waals surface area contributed by atoms with Crippen molar-refractivity contribution in [3.8, 4) is 0 Å². The summed E-state index contributed by atoms with van der Waals surface area (Å²) >= 11 is 2.38. The molecule has 1 atom stereocenters. The molecule has 2 nitrogen and oxygen atoms in total. The van der Waals surface area contributed by atoms with E-state index in [1.54, 1.807) is 0 Å². The van der Waals surface area contributed by atoms with Crippen molar-refractivity contribution >= 4 is 22.6 Å². The number of hydrogen-bond acceptors (Lipinski definition) is 2. The van der Waals surface area contributed by atoms with Gasteiger partial charge in [-0.3, -0.25) is 0 Å². The molecule has 2 N–H and O–H groups in total. The van der Waals surface area contributed by atoms with E-state index >= 15 is 0 Å². The second-order valence-corrected chi connectivity index (χ2v) is 7.61. The van der Waals surface area contributed by atoms with Crippen molar-refractivity contribution in [3.63, 3.8) is 0 Å². The first-order valence-corrected chi connectivity index (χ1v) is 5.30. The maximum absolute atomic E-state index is 5.82. The summed E-state index contributed by atoms with van der Waals surface area (Å²) in [5.41, 5.74) is 5.68. The van der Waals surface area contributed by atoms with Gasteiger partial charge in [0.25, 0.3) is 0 Å². The maximum atomic E-state index is 5.82. The topological polar surface area (TPSA) is 35.2 Å². The number of hydrogen-bond donors (Lipinski definition) is 1. The molecule has 0 heterocycles. The van der Waals surface area contributed by atoms with Crippen LogP contribution in [0.1, 0.15) is 41.0 Å². The van der Waals surface area contributed by atoms with E-state index in [1.807, 2.05) is 20.8 Å². The highest BCUT2D eigenvalue weighted by Gasteiger charge is 2.22. The first kappa shape index (κ1) is 12.7. The SMILES string of the molecule is CC(C)(I)CC(N)OC(C)(C)C. The lowest BCUT2D eigenvalue weighted by atomic mass is 10.1. The second kappa shape index (κ2) is 4.24. The van der Waals surface area contributed by atoms with E-state index in [9.17, 15) is 0 Å². The molecule has 1 unspecified atom stereocenters. The fraction of sp³-hybridized carbons (Fsp3) is 1.00. The highest BCUT2D eigenvalue weighted by Crippen LogP contribution is 2.24. The molecule has 3 heteroatoms. The number of alkyl halides is 1. The van der Waals surface area contributed by atoms with Crippen molar-refractivity contribution in [2.45, 2.75) is 56.3 Å².